The van der Waals surface area contributed by atoms with Crippen LogP contribution in [0.2, 0.25) is 30.1 Å². The average molecular weight is 1300 g/mol. The van der Waals surface area contributed by atoms with Crippen LogP contribution in [0.25, 0.3) is 34.2 Å². The number of tetrazole rings is 3. The molecule has 0 atom stereocenters. The summed E-state index contributed by atoms with van der Waals surface area (Å²) in [5, 5.41) is 70.3. The van der Waals surface area contributed by atoms with Crippen molar-refractivity contribution < 1.29 is 19.2 Å². The molecule has 26 nitrogen and oxygen atoms in total. The number of nitrogens with one attached hydrogen (secondary N) is 1. The molecule has 7 heterocycles. The number of rotatable bonds is 11. The van der Waals surface area contributed by atoms with E-state index in [4.69, 9.17) is 69.6 Å². The Morgan fingerprint density at radius 3 is 1.37 bits per heavy atom. The monoisotopic (exact) mass is 1300 g/mol. The number of aromatic amines is 1. The van der Waals surface area contributed by atoms with E-state index in [1.165, 1.54) is 53.7 Å². The predicted molar refractivity (Wildman–Crippen MR) is 306 cm³/mol. The van der Waals surface area contributed by atoms with Gasteiger partial charge in [-0.2, -0.15) is 9.60 Å². The molecule has 0 aliphatic rings. The number of benzene rings is 3. The van der Waals surface area contributed by atoms with Gasteiger partial charge >= 0.3 is 42.2 Å². The summed E-state index contributed by atoms with van der Waals surface area (Å²) in [4.78, 5) is 43.8. The number of thiol groups is 1. The van der Waals surface area contributed by atoms with Crippen molar-refractivity contribution >= 4 is 123 Å². The van der Waals surface area contributed by atoms with Crippen molar-refractivity contribution in [3.8, 4) is 34.2 Å². The van der Waals surface area contributed by atoms with Gasteiger partial charge in [-0.25, -0.2) is 14.3 Å². The number of aromatic nitrogens is 16. The Morgan fingerprint density at radius 2 is 1.00 bits per heavy atom. The summed E-state index contributed by atoms with van der Waals surface area (Å²) < 4.78 is 18.6. The van der Waals surface area contributed by atoms with Gasteiger partial charge in [0.15, 0.2) is 11.6 Å². The quantitative estimate of drug-likeness (QED) is 0.0303. The zero-order valence-electron chi connectivity index (χ0n) is 40.7. The Kier molecular flexibility index (Phi) is 25.5. The van der Waals surface area contributed by atoms with Crippen molar-refractivity contribution in [2.75, 3.05) is 0 Å². The van der Waals surface area contributed by atoms with Gasteiger partial charge < -0.3 is 30.3 Å². The Morgan fingerprint density at radius 1 is 0.593 bits per heavy atom. The van der Waals surface area contributed by atoms with Crippen molar-refractivity contribution in [3.05, 3.63) is 217 Å². The van der Waals surface area contributed by atoms with E-state index >= 15 is 0 Å². The number of nitrogens with zero attached hydrogens (tertiary/aromatic N) is 19. The number of H-pyrrole nitrogens is 1. The van der Waals surface area contributed by atoms with E-state index in [1.54, 1.807) is 83.5 Å². The van der Waals surface area contributed by atoms with Crippen LogP contribution in [-0.4, -0.2) is 103 Å². The first-order valence-corrected chi connectivity index (χ1v) is 25.7. The number of hydrogen-bond donors (Lipinski definition) is 2. The molecule has 10 aromatic rings. The number of halogens is 8. The molecule has 0 unspecified atom stereocenters. The summed E-state index contributed by atoms with van der Waals surface area (Å²) in [5.74, 6) is 0.382. The van der Waals surface area contributed by atoms with Crippen molar-refractivity contribution in [2.24, 2.45) is 4.30 Å². The molecule has 0 bridgehead atoms. The van der Waals surface area contributed by atoms with Crippen LogP contribution in [0.1, 0.15) is 22.3 Å². The van der Waals surface area contributed by atoms with E-state index in [0.29, 0.717) is 81.7 Å². The third kappa shape index (κ3) is 19.4. The number of pyridine rings is 4. The predicted octanol–water partition coefficient (Wildman–Crippen LogP) is 11.8. The number of hydrogen-bond acceptors (Lipinski definition) is 21. The number of aryl methyl sites for hydroxylation is 1. The van der Waals surface area contributed by atoms with Gasteiger partial charge in [0.25, 0.3) is 0 Å². The summed E-state index contributed by atoms with van der Waals surface area (Å²) in [6.07, 6.45) is 5.79. The first-order valence-electron chi connectivity index (χ1n) is 21.9. The first kappa shape index (κ1) is 63.9. The minimum absolute atomic E-state index is 0.106. The molecule has 36 heteroatoms. The van der Waals surface area contributed by atoms with Gasteiger partial charge in [-0.15, -0.1) is 20.4 Å². The normalized spacial score (nSPS) is 10.1. The maximum absolute atomic E-state index is 12.8. The minimum atomic E-state index is -0.558. The molecule has 81 heavy (non-hydrogen) atoms. The van der Waals surface area contributed by atoms with Gasteiger partial charge in [0, 0.05) is 57.5 Å². The Hall–Kier alpha value is -7.97. The first-order chi connectivity index (χ1) is 38.8. The average Bonchev–Trinajstić information content (AvgIpc) is 4.28. The molecule has 0 fully saturated rings. The second kappa shape index (κ2) is 32.3. The van der Waals surface area contributed by atoms with E-state index in [-0.39, 0.29) is 24.0 Å². The molecule has 3 aromatic carbocycles. The van der Waals surface area contributed by atoms with Crippen molar-refractivity contribution in [1.82, 2.24) is 81.0 Å². The number of nitro groups is 3. The van der Waals surface area contributed by atoms with Crippen LogP contribution in [0.4, 0.5) is 21.8 Å². The van der Waals surface area contributed by atoms with E-state index in [2.05, 4.69) is 112 Å². The summed E-state index contributed by atoms with van der Waals surface area (Å²) in [6, 6.07) is 27.6. The Labute approximate surface area is 500 Å². The molecule has 1 N–H and O–H groups in total. The molecule has 10 rings (SSSR count). The van der Waals surface area contributed by atoms with E-state index in [9.17, 15) is 34.7 Å². The molecule has 0 aliphatic carbocycles. The molecular weight excluding hydrogens is 1270 g/mol. The third-order valence-electron chi connectivity index (χ3n) is 9.67. The van der Waals surface area contributed by atoms with Crippen LogP contribution in [0.15, 0.2) is 132 Å². The Bertz CT molecular complexity index is 3680. The van der Waals surface area contributed by atoms with Crippen molar-refractivity contribution in [1.29, 1.82) is 0 Å². The standard InChI is InChI=1S/C13H8Cl2FN5.C13H8Cl2N6O2.C7H4Cl2N4.C6H5BrN2O2.C6H6N2O2.BHNS/c14-10-3-1-2-9(12(10)15)13-18-19-20-21(13)7-8-4-5-11(16)17-6-8;14-10-3-1-2-9(12(10)15)13-17-18-19-20(13)7-8-4-5-11(16-6-8)21(22)23;8-5-3-1-2-4(6(5)9)7-10-12-13-11-7;7-3-5-1-2-6(8-4-5)9(10)11;1-5-2-3-6(7-4-5)8(9)10;1-2-3/h1-6H,7H2;1-6H,7H2;1-3H,(H,10,11,12,13);1-2,4H,3H2;2-4H,1H3;3H/i16-1;;;;;. The molecule has 1 radical (unpaired) electrons. The van der Waals surface area contributed by atoms with Gasteiger partial charge in [-0.05, 0) is 135 Å². The zero-order valence-corrected chi connectivity index (χ0v) is 47.8. The van der Waals surface area contributed by atoms with E-state index in [0.717, 1.165) is 16.7 Å². The van der Waals surface area contributed by atoms with Crippen LogP contribution < -0.4 is 0 Å². The fourth-order valence-electron chi connectivity index (χ4n) is 5.95. The van der Waals surface area contributed by atoms with Crippen LogP contribution in [0, 0.1) is 43.2 Å². The SMILES string of the molecule is Cc1ccc([N+](=O)[O-])nc1.Clc1cccc(-c2nn[nH]n2)c1Cl.O=[N+]([O-])c1ccc(CBr)cn1.O=[N+]([O-])c1ccc(Cn2nnnc2-c2cccc(Cl)c2Cl)cn1.[18F]c1ccc(Cn2nnnc2-c2cccc(Cl)c2Cl)cn1.[B]=NS. The van der Waals surface area contributed by atoms with Gasteiger partial charge in [-0.1, -0.05) is 110 Å². The number of alkyl halides is 1. The second-order valence-electron chi connectivity index (χ2n) is 15.1. The molecule has 0 spiro atoms. The molecular formula is C45H32BBrCl6FN20O6S. The summed E-state index contributed by atoms with van der Waals surface area (Å²) in [5.41, 5.74) is 5.22. The third-order valence-corrected chi connectivity index (χ3v) is 12.8. The van der Waals surface area contributed by atoms with Gasteiger partial charge in [-0.3, -0.25) is 0 Å². The maximum atomic E-state index is 12.8. The molecule has 413 valence electrons. The topological polar surface area (TPSA) is 335 Å². The van der Waals surface area contributed by atoms with Crippen molar-refractivity contribution in [3.63, 3.8) is 0 Å². The summed E-state index contributed by atoms with van der Waals surface area (Å²) in [7, 11) is 4.34. The molecule has 0 aliphatic heterocycles. The molecule has 7 aromatic heterocycles. The van der Waals surface area contributed by atoms with Gasteiger partial charge in [0.2, 0.25) is 11.8 Å². The van der Waals surface area contributed by atoms with E-state index in [1.807, 2.05) is 6.92 Å². The van der Waals surface area contributed by atoms with Gasteiger partial charge in [0.05, 0.1) is 43.2 Å². The van der Waals surface area contributed by atoms with Crippen LogP contribution in [0.3, 0.4) is 0 Å². The van der Waals surface area contributed by atoms with Crippen LogP contribution in [-0.2, 0) is 18.4 Å². The Balaban J connectivity index is 0.000000190. The summed E-state index contributed by atoms with van der Waals surface area (Å²) in [6.45, 7) is 2.46. The van der Waals surface area contributed by atoms with Crippen LogP contribution in [0.5, 0.6) is 0 Å². The fraction of sp³-hybridized carbons (Fsp3) is 0.0889. The zero-order chi connectivity index (χ0) is 59.0. The van der Waals surface area contributed by atoms with Crippen molar-refractivity contribution in [2.45, 2.75) is 25.3 Å². The van der Waals surface area contributed by atoms with Crippen LogP contribution >= 0.6 is 98.4 Å². The molecule has 0 saturated carbocycles. The fourth-order valence-corrected chi connectivity index (χ4v) is 7.44. The molecule has 0 amide bonds. The molecule has 0 saturated heterocycles. The van der Waals surface area contributed by atoms with Gasteiger partial charge in [0.1, 0.15) is 18.6 Å². The summed E-state index contributed by atoms with van der Waals surface area (Å²) >= 11 is 42.5. The van der Waals surface area contributed by atoms with E-state index < -0.39 is 20.7 Å². The second-order valence-corrected chi connectivity index (χ2v) is 18.3.